The van der Waals surface area contributed by atoms with Crippen molar-refractivity contribution in [2.24, 2.45) is 0 Å². The predicted molar refractivity (Wildman–Crippen MR) is 75.2 cm³/mol. The summed E-state index contributed by atoms with van der Waals surface area (Å²) in [5.74, 6) is 1.27. The van der Waals surface area contributed by atoms with Gasteiger partial charge < -0.3 is 14.2 Å². The first-order valence-electron chi connectivity index (χ1n) is 6.60. The van der Waals surface area contributed by atoms with Gasteiger partial charge in [0.15, 0.2) is 0 Å². The maximum absolute atomic E-state index is 12.0. The standard InChI is InChI=1S/C13H15N3O5S/c1-8-3-4-9(20-8)5-14-12(17)13-15-10-6-16(22(2,18)19)7-11(10)21-13/h3-4H,5-7H2,1-2H3,(H,14,17). The Hall–Kier alpha value is -2.13. The van der Waals surface area contributed by atoms with E-state index in [1.54, 1.807) is 12.1 Å². The van der Waals surface area contributed by atoms with Crippen molar-refractivity contribution in [3.63, 3.8) is 0 Å². The smallest absolute Gasteiger partial charge is 0.307 e. The quantitative estimate of drug-likeness (QED) is 0.890. The third-order valence-electron chi connectivity index (χ3n) is 3.31. The summed E-state index contributed by atoms with van der Waals surface area (Å²) in [6, 6.07) is 3.58. The number of carbonyl (C=O) groups excluding carboxylic acids is 1. The van der Waals surface area contributed by atoms with E-state index in [9.17, 15) is 13.2 Å². The molecule has 2 aromatic heterocycles. The van der Waals surface area contributed by atoms with Gasteiger partial charge in [-0.15, -0.1) is 0 Å². The molecule has 0 spiro atoms. The number of oxazole rings is 1. The van der Waals surface area contributed by atoms with Gasteiger partial charge >= 0.3 is 5.91 Å². The minimum absolute atomic E-state index is 0.0681. The first-order valence-corrected chi connectivity index (χ1v) is 8.45. The molecule has 1 amide bonds. The predicted octanol–water partition coefficient (Wildman–Crippen LogP) is 0.781. The highest BCUT2D eigenvalue weighted by Gasteiger charge is 2.32. The monoisotopic (exact) mass is 325 g/mol. The molecule has 0 bridgehead atoms. The molecule has 3 heterocycles. The number of nitrogens with zero attached hydrogens (tertiary/aromatic N) is 2. The number of nitrogens with one attached hydrogen (secondary N) is 1. The number of sulfonamides is 1. The molecule has 8 nitrogen and oxygen atoms in total. The molecule has 0 atom stereocenters. The molecule has 0 fully saturated rings. The molecule has 2 aromatic rings. The van der Waals surface area contributed by atoms with Gasteiger partial charge in [-0.05, 0) is 19.1 Å². The van der Waals surface area contributed by atoms with Crippen LogP contribution in [-0.2, 0) is 29.7 Å². The molecule has 9 heteroatoms. The van der Waals surface area contributed by atoms with Gasteiger partial charge in [0.2, 0.25) is 10.0 Å². The Kier molecular flexibility index (Phi) is 3.53. The summed E-state index contributed by atoms with van der Waals surface area (Å²) in [4.78, 5) is 16.0. The summed E-state index contributed by atoms with van der Waals surface area (Å²) in [7, 11) is -3.30. The summed E-state index contributed by atoms with van der Waals surface area (Å²) < 4.78 is 34.8. The lowest BCUT2D eigenvalue weighted by molar-refractivity contribution is 0.0910. The van der Waals surface area contributed by atoms with E-state index in [1.165, 1.54) is 4.31 Å². The van der Waals surface area contributed by atoms with Crippen molar-refractivity contribution >= 4 is 15.9 Å². The molecule has 22 heavy (non-hydrogen) atoms. The van der Waals surface area contributed by atoms with E-state index in [0.29, 0.717) is 17.2 Å². The van der Waals surface area contributed by atoms with Crippen LogP contribution in [0, 0.1) is 6.92 Å². The lowest BCUT2D eigenvalue weighted by atomic mass is 10.4. The SMILES string of the molecule is Cc1ccc(CNC(=O)c2nc3c(o2)CN(S(C)(=O)=O)C3)o1. The van der Waals surface area contributed by atoms with E-state index in [2.05, 4.69) is 10.3 Å². The van der Waals surface area contributed by atoms with Crippen molar-refractivity contribution in [1.29, 1.82) is 0 Å². The fraction of sp³-hybridized carbons (Fsp3) is 0.385. The van der Waals surface area contributed by atoms with Gasteiger partial charge in [-0.2, -0.15) is 4.31 Å². The van der Waals surface area contributed by atoms with Crippen molar-refractivity contribution in [2.75, 3.05) is 6.26 Å². The fourth-order valence-electron chi connectivity index (χ4n) is 2.17. The molecule has 0 saturated carbocycles. The van der Waals surface area contributed by atoms with Crippen LogP contribution in [-0.4, -0.2) is 29.9 Å². The summed E-state index contributed by atoms with van der Waals surface area (Å²) in [6.45, 7) is 2.28. The zero-order chi connectivity index (χ0) is 15.9. The topological polar surface area (TPSA) is 106 Å². The van der Waals surface area contributed by atoms with Crippen molar-refractivity contribution < 1.29 is 22.0 Å². The second-order valence-electron chi connectivity index (χ2n) is 5.11. The first-order chi connectivity index (χ1) is 10.3. The number of aryl methyl sites for hydroxylation is 1. The van der Waals surface area contributed by atoms with Crippen LogP contribution >= 0.6 is 0 Å². The second-order valence-corrected chi connectivity index (χ2v) is 7.10. The van der Waals surface area contributed by atoms with Crippen LogP contribution in [0.1, 0.15) is 33.7 Å². The van der Waals surface area contributed by atoms with Gasteiger partial charge in [0.25, 0.3) is 5.89 Å². The van der Waals surface area contributed by atoms with Gasteiger partial charge in [0.05, 0.1) is 31.6 Å². The fourth-order valence-corrected chi connectivity index (χ4v) is 2.88. The van der Waals surface area contributed by atoms with E-state index < -0.39 is 15.9 Å². The highest BCUT2D eigenvalue weighted by atomic mass is 32.2. The third-order valence-corrected chi connectivity index (χ3v) is 4.50. The average molecular weight is 325 g/mol. The van der Waals surface area contributed by atoms with Crippen LogP contribution in [0.25, 0.3) is 0 Å². The number of carbonyl (C=O) groups is 1. The summed E-state index contributed by atoms with van der Waals surface area (Å²) in [5, 5.41) is 2.64. The summed E-state index contributed by atoms with van der Waals surface area (Å²) in [6.07, 6.45) is 1.12. The van der Waals surface area contributed by atoms with Crippen molar-refractivity contribution in [3.05, 3.63) is 41.0 Å². The van der Waals surface area contributed by atoms with E-state index >= 15 is 0 Å². The van der Waals surface area contributed by atoms with Crippen molar-refractivity contribution in [1.82, 2.24) is 14.6 Å². The molecule has 0 aliphatic carbocycles. The normalized spacial score (nSPS) is 15.0. The molecule has 0 unspecified atom stereocenters. The van der Waals surface area contributed by atoms with Crippen LogP contribution < -0.4 is 5.32 Å². The molecule has 118 valence electrons. The van der Waals surface area contributed by atoms with E-state index in [0.717, 1.165) is 12.0 Å². The molecular weight excluding hydrogens is 310 g/mol. The molecular formula is C13H15N3O5S. The van der Waals surface area contributed by atoms with Crippen LogP contribution in [0.15, 0.2) is 21.0 Å². The Bertz CT molecular complexity index is 797. The minimum atomic E-state index is -3.30. The van der Waals surface area contributed by atoms with Gasteiger partial charge in [0, 0.05) is 0 Å². The molecule has 1 aliphatic rings. The molecule has 1 N–H and O–H groups in total. The highest BCUT2D eigenvalue weighted by molar-refractivity contribution is 7.88. The maximum atomic E-state index is 12.0. The number of rotatable bonds is 4. The Labute approximate surface area is 127 Å². The number of hydrogen-bond donors (Lipinski definition) is 1. The van der Waals surface area contributed by atoms with E-state index in [1.807, 2.05) is 6.92 Å². The lowest BCUT2D eigenvalue weighted by Crippen LogP contribution is -2.25. The lowest BCUT2D eigenvalue weighted by Gasteiger charge is -2.10. The Morgan fingerprint density at radius 1 is 1.36 bits per heavy atom. The van der Waals surface area contributed by atoms with Gasteiger partial charge in [0.1, 0.15) is 17.3 Å². The Balaban J connectivity index is 1.64. The van der Waals surface area contributed by atoms with Crippen molar-refractivity contribution in [2.45, 2.75) is 26.6 Å². The number of fused-ring (bicyclic) bond motifs is 1. The van der Waals surface area contributed by atoms with Crippen LogP contribution in [0.4, 0.5) is 0 Å². The van der Waals surface area contributed by atoms with Gasteiger partial charge in [-0.1, -0.05) is 0 Å². The summed E-state index contributed by atoms with van der Waals surface area (Å²) in [5.41, 5.74) is 0.476. The average Bonchev–Trinajstić information content (AvgIpc) is 3.08. The number of furan rings is 1. The number of hydrogen-bond acceptors (Lipinski definition) is 6. The zero-order valence-corrected chi connectivity index (χ0v) is 12.9. The first kappa shape index (κ1) is 14.8. The molecule has 0 saturated heterocycles. The number of amides is 1. The largest absolute Gasteiger partial charge is 0.465 e. The maximum Gasteiger partial charge on any atom is 0.307 e. The highest BCUT2D eigenvalue weighted by Crippen LogP contribution is 2.25. The molecule has 1 aliphatic heterocycles. The molecule has 3 rings (SSSR count). The Morgan fingerprint density at radius 3 is 2.73 bits per heavy atom. The van der Waals surface area contributed by atoms with Gasteiger partial charge in [-0.25, -0.2) is 13.4 Å². The molecule has 0 aromatic carbocycles. The van der Waals surface area contributed by atoms with E-state index in [-0.39, 0.29) is 25.5 Å². The molecule has 0 radical (unpaired) electrons. The van der Waals surface area contributed by atoms with Crippen LogP contribution in [0.3, 0.4) is 0 Å². The van der Waals surface area contributed by atoms with Gasteiger partial charge in [-0.3, -0.25) is 4.79 Å². The minimum Gasteiger partial charge on any atom is -0.465 e. The zero-order valence-electron chi connectivity index (χ0n) is 12.1. The van der Waals surface area contributed by atoms with E-state index in [4.69, 9.17) is 8.83 Å². The van der Waals surface area contributed by atoms with Crippen molar-refractivity contribution in [3.8, 4) is 0 Å². The summed E-state index contributed by atoms with van der Waals surface area (Å²) >= 11 is 0. The second kappa shape index (κ2) is 5.25. The van der Waals surface area contributed by atoms with Crippen LogP contribution in [0.5, 0.6) is 0 Å². The Morgan fingerprint density at radius 2 is 2.14 bits per heavy atom. The number of aromatic nitrogens is 1. The van der Waals surface area contributed by atoms with Crippen LogP contribution in [0.2, 0.25) is 0 Å². The third kappa shape index (κ3) is 2.90.